The van der Waals surface area contributed by atoms with Crippen LogP contribution in [0.4, 0.5) is 11.5 Å². The number of hydrogen-bond acceptors (Lipinski definition) is 6. The molecule has 0 atom stereocenters. The zero-order valence-corrected chi connectivity index (χ0v) is 20.3. The Balaban J connectivity index is 0.00000408. The molecule has 0 saturated carbocycles. The van der Waals surface area contributed by atoms with Crippen molar-refractivity contribution in [2.24, 2.45) is 0 Å². The standard InChI is InChI=1S/C24H21ClN4O4.ClH/c1-24(2,33-14-22(30)31)10-9-20-17-7-6-16(26-3)12-18(17)23(29-28-20)27-13-15-5-8-21(32-4)19(25)11-15;/h5-8,11-12H,13-14H2,1-2,4H3,(H,27,29)(H,30,31);1H. The Morgan fingerprint density at radius 2 is 2.00 bits per heavy atom. The zero-order chi connectivity index (χ0) is 24.0. The average Bonchev–Trinajstić information content (AvgIpc) is 2.80. The van der Waals surface area contributed by atoms with Gasteiger partial charge in [-0.2, -0.15) is 0 Å². The molecule has 8 nitrogen and oxygen atoms in total. The van der Waals surface area contributed by atoms with Gasteiger partial charge >= 0.3 is 5.97 Å². The molecule has 2 aromatic carbocycles. The van der Waals surface area contributed by atoms with Gasteiger partial charge in [0.1, 0.15) is 23.7 Å². The lowest BCUT2D eigenvalue weighted by Gasteiger charge is -2.17. The summed E-state index contributed by atoms with van der Waals surface area (Å²) in [5.74, 6) is 5.84. The monoisotopic (exact) mass is 500 g/mol. The number of halogens is 2. The lowest BCUT2D eigenvalue weighted by molar-refractivity contribution is -0.145. The van der Waals surface area contributed by atoms with Crippen molar-refractivity contribution in [1.29, 1.82) is 0 Å². The number of hydrogen-bond donors (Lipinski definition) is 2. The smallest absolute Gasteiger partial charge is 0.329 e. The van der Waals surface area contributed by atoms with Crippen molar-refractivity contribution in [1.82, 2.24) is 10.2 Å². The fraction of sp³-hybridized carbons (Fsp3) is 0.250. The summed E-state index contributed by atoms with van der Waals surface area (Å²) >= 11 is 6.21. The highest BCUT2D eigenvalue weighted by Crippen LogP contribution is 2.29. The molecule has 0 amide bonds. The second kappa shape index (κ2) is 11.5. The number of carbonyl (C=O) groups is 1. The summed E-state index contributed by atoms with van der Waals surface area (Å²) in [6, 6.07) is 10.6. The van der Waals surface area contributed by atoms with Crippen LogP contribution in [0.15, 0.2) is 36.4 Å². The molecule has 1 aromatic heterocycles. The van der Waals surface area contributed by atoms with Crippen molar-refractivity contribution in [2.45, 2.75) is 26.0 Å². The molecule has 0 radical (unpaired) electrons. The predicted octanol–water partition coefficient (Wildman–Crippen LogP) is 5.11. The van der Waals surface area contributed by atoms with Crippen LogP contribution in [-0.2, 0) is 16.1 Å². The molecule has 0 aliphatic rings. The first-order valence-corrected chi connectivity index (χ1v) is 10.2. The maximum atomic E-state index is 10.8. The molecular formula is C24H22Cl2N4O4. The van der Waals surface area contributed by atoms with Gasteiger partial charge in [-0.05, 0) is 43.5 Å². The lowest BCUT2D eigenvalue weighted by atomic mass is 10.1. The third-order valence-corrected chi connectivity index (χ3v) is 4.90. The molecule has 176 valence electrons. The van der Waals surface area contributed by atoms with E-state index in [9.17, 15) is 4.79 Å². The number of carboxylic acid groups (broad SMARTS) is 1. The number of nitrogens with zero attached hydrogens (tertiary/aromatic N) is 3. The van der Waals surface area contributed by atoms with Gasteiger partial charge in [0.25, 0.3) is 0 Å². The van der Waals surface area contributed by atoms with E-state index < -0.39 is 18.2 Å². The number of benzene rings is 2. The van der Waals surface area contributed by atoms with E-state index in [2.05, 4.69) is 32.2 Å². The summed E-state index contributed by atoms with van der Waals surface area (Å²) in [7, 11) is 1.56. The predicted molar refractivity (Wildman–Crippen MR) is 133 cm³/mol. The highest BCUT2D eigenvalue weighted by atomic mass is 35.5. The second-order valence-corrected chi connectivity index (χ2v) is 7.91. The van der Waals surface area contributed by atoms with Gasteiger partial charge in [0.2, 0.25) is 0 Å². The molecule has 1 heterocycles. The molecule has 0 fully saturated rings. The van der Waals surface area contributed by atoms with Crippen LogP contribution in [-0.4, -0.2) is 40.6 Å². The highest BCUT2D eigenvalue weighted by Gasteiger charge is 2.17. The Bertz CT molecular complexity index is 1310. The Hall–Kier alpha value is -3.56. The third kappa shape index (κ3) is 6.72. The fourth-order valence-electron chi connectivity index (χ4n) is 2.93. The molecule has 0 saturated heterocycles. The Morgan fingerprint density at radius 1 is 1.24 bits per heavy atom. The average molecular weight is 501 g/mol. The van der Waals surface area contributed by atoms with Crippen LogP contribution < -0.4 is 10.1 Å². The largest absolute Gasteiger partial charge is 0.495 e. The highest BCUT2D eigenvalue weighted by molar-refractivity contribution is 6.32. The molecule has 3 rings (SSSR count). The Kier molecular flexibility index (Phi) is 9.05. The summed E-state index contributed by atoms with van der Waals surface area (Å²) in [6.45, 7) is 10.6. The summed E-state index contributed by atoms with van der Waals surface area (Å²) < 4.78 is 10.5. The van der Waals surface area contributed by atoms with Crippen LogP contribution in [0, 0.1) is 18.4 Å². The first kappa shape index (κ1) is 26.7. The second-order valence-electron chi connectivity index (χ2n) is 7.50. The van der Waals surface area contributed by atoms with Crippen LogP contribution in [0.2, 0.25) is 5.02 Å². The number of ether oxygens (including phenoxy) is 2. The third-order valence-electron chi connectivity index (χ3n) is 4.61. The number of aliphatic carboxylic acids is 1. The maximum Gasteiger partial charge on any atom is 0.329 e. The van der Waals surface area contributed by atoms with E-state index in [4.69, 9.17) is 32.8 Å². The van der Waals surface area contributed by atoms with E-state index in [1.165, 1.54) is 0 Å². The molecular weight excluding hydrogens is 479 g/mol. The topological polar surface area (TPSA) is 97.9 Å². The van der Waals surface area contributed by atoms with Crippen LogP contribution in [0.1, 0.15) is 25.1 Å². The molecule has 0 aliphatic heterocycles. The minimum absolute atomic E-state index is 0. The Morgan fingerprint density at radius 3 is 2.65 bits per heavy atom. The van der Waals surface area contributed by atoms with E-state index in [0.717, 1.165) is 5.56 Å². The number of anilines is 1. The molecule has 2 N–H and O–H groups in total. The molecule has 0 unspecified atom stereocenters. The SMILES string of the molecule is Cl.[C-]#[N+]c1ccc2c(C#CC(C)(C)OCC(=O)O)nnc(NCc3ccc(OC)c(Cl)c3)c2c1. The molecule has 3 aromatic rings. The summed E-state index contributed by atoms with van der Waals surface area (Å²) in [5, 5.41) is 22.5. The number of methoxy groups -OCH3 is 1. The van der Waals surface area contributed by atoms with Crippen molar-refractivity contribution in [3.63, 3.8) is 0 Å². The molecule has 10 heteroatoms. The number of carboxylic acids is 1. The normalized spacial score (nSPS) is 10.4. The van der Waals surface area contributed by atoms with Crippen molar-refractivity contribution in [3.05, 3.63) is 64.1 Å². The van der Waals surface area contributed by atoms with Crippen molar-refractivity contribution < 1.29 is 19.4 Å². The first-order valence-electron chi connectivity index (χ1n) is 9.85. The van der Waals surface area contributed by atoms with Crippen molar-refractivity contribution in [3.8, 4) is 17.6 Å². The van der Waals surface area contributed by atoms with Crippen LogP contribution in [0.25, 0.3) is 15.6 Å². The minimum atomic E-state index is -1.07. The molecule has 0 spiro atoms. The number of aromatic nitrogens is 2. The van der Waals surface area contributed by atoms with Gasteiger partial charge < -0.3 is 19.9 Å². The van der Waals surface area contributed by atoms with Gasteiger partial charge in [-0.25, -0.2) is 9.64 Å². The van der Waals surface area contributed by atoms with Gasteiger partial charge in [0, 0.05) is 17.3 Å². The van der Waals surface area contributed by atoms with E-state index in [1.807, 2.05) is 6.07 Å². The number of nitrogens with one attached hydrogen (secondary N) is 1. The minimum Gasteiger partial charge on any atom is -0.495 e. The van der Waals surface area contributed by atoms with Gasteiger partial charge in [-0.1, -0.05) is 35.7 Å². The van der Waals surface area contributed by atoms with Gasteiger partial charge in [-0.15, -0.1) is 22.6 Å². The van der Waals surface area contributed by atoms with E-state index in [0.29, 0.717) is 45.3 Å². The van der Waals surface area contributed by atoms with Gasteiger partial charge in [0.05, 0.1) is 18.7 Å². The summed E-state index contributed by atoms with van der Waals surface area (Å²) in [6.07, 6.45) is 0. The van der Waals surface area contributed by atoms with Crippen LogP contribution >= 0.6 is 24.0 Å². The van der Waals surface area contributed by atoms with Crippen molar-refractivity contribution in [2.75, 3.05) is 19.0 Å². The zero-order valence-electron chi connectivity index (χ0n) is 18.7. The van der Waals surface area contributed by atoms with E-state index in [-0.39, 0.29) is 12.4 Å². The van der Waals surface area contributed by atoms with Crippen LogP contribution in [0.3, 0.4) is 0 Å². The van der Waals surface area contributed by atoms with E-state index >= 15 is 0 Å². The van der Waals surface area contributed by atoms with E-state index in [1.54, 1.807) is 51.3 Å². The molecule has 0 aliphatic carbocycles. The molecule has 0 bridgehead atoms. The number of fused-ring (bicyclic) bond motifs is 1. The lowest BCUT2D eigenvalue weighted by Crippen LogP contribution is -2.25. The molecule has 34 heavy (non-hydrogen) atoms. The quantitative estimate of drug-likeness (QED) is 0.343. The summed E-state index contributed by atoms with van der Waals surface area (Å²) in [5.41, 5.74) is 0.771. The summed E-state index contributed by atoms with van der Waals surface area (Å²) in [4.78, 5) is 14.3. The maximum absolute atomic E-state index is 10.8. The van der Waals surface area contributed by atoms with Crippen molar-refractivity contribution >= 4 is 52.3 Å². The Labute approximate surface area is 208 Å². The van der Waals surface area contributed by atoms with Crippen LogP contribution in [0.5, 0.6) is 5.75 Å². The van der Waals surface area contributed by atoms with Gasteiger partial charge in [-0.3, -0.25) is 0 Å². The fourth-order valence-corrected chi connectivity index (χ4v) is 3.21. The van der Waals surface area contributed by atoms with Gasteiger partial charge in [0.15, 0.2) is 11.5 Å². The first-order chi connectivity index (χ1) is 15.7. The number of rotatable bonds is 7.